The van der Waals surface area contributed by atoms with Crippen molar-refractivity contribution in [1.29, 1.82) is 0 Å². The summed E-state index contributed by atoms with van der Waals surface area (Å²) in [6.45, 7) is 7.51. The van der Waals surface area contributed by atoms with E-state index in [0.717, 1.165) is 29.7 Å². The minimum absolute atomic E-state index is 0.128. The van der Waals surface area contributed by atoms with Gasteiger partial charge in [-0.05, 0) is 48.7 Å². The van der Waals surface area contributed by atoms with Crippen molar-refractivity contribution < 1.29 is 17.9 Å². The molecule has 0 spiro atoms. The van der Waals surface area contributed by atoms with Crippen LogP contribution < -0.4 is 14.2 Å². The van der Waals surface area contributed by atoms with Crippen LogP contribution in [0.5, 0.6) is 11.5 Å². The van der Waals surface area contributed by atoms with Crippen LogP contribution in [0, 0.1) is 6.92 Å². The van der Waals surface area contributed by atoms with E-state index in [2.05, 4.69) is 16.2 Å². The third kappa shape index (κ3) is 4.63. The Morgan fingerprint density at radius 1 is 1.17 bits per heavy atom. The van der Waals surface area contributed by atoms with Gasteiger partial charge in [0.2, 0.25) is 10.0 Å². The number of fused-ring (bicyclic) bond motifs is 1. The summed E-state index contributed by atoms with van der Waals surface area (Å²) in [4.78, 5) is 2.49. The lowest BCUT2D eigenvalue weighted by Gasteiger charge is -2.37. The molecule has 0 aromatic heterocycles. The molecule has 156 valence electrons. The Kier molecular flexibility index (Phi) is 6.62. The summed E-state index contributed by atoms with van der Waals surface area (Å²) < 4.78 is 39.3. The summed E-state index contributed by atoms with van der Waals surface area (Å²) in [6.07, 6.45) is 2.69. The highest BCUT2D eigenvalue weighted by molar-refractivity contribution is 7.89. The van der Waals surface area contributed by atoms with Crippen molar-refractivity contribution in [3.8, 4) is 11.5 Å². The second-order valence-corrected chi connectivity index (χ2v) is 8.89. The molecule has 1 aliphatic heterocycles. The first-order valence-electron chi connectivity index (χ1n) is 9.55. The van der Waals surface area contributed by atoms with E-state index in [9.17, 15) is 8.42 Å². The zero-order valence-electron chi connectivity index (χ0n) is 17.1. The predicted molar refractivity (Wildman–Crippen MR) is 114 cm³/mol. The van der Waals surface area contributed by atoms with Gasteiger partial charge in [-0.25, -0.2) is 13.1 Å². The fourth-order valence-electron chi connectivity index (χ4n) is 3.69. The van der Waals surface area contributed by atoms with Gasteiger partial charge in [0, 0.05) is 25.7 Å². The van der Waals surface area contributed by atoms with Crippen molar-refractivity contribution in [2.24, 2.45) is 0 Å². The summed E-state index contributed by atoms with van der Waals surface area (Å²) >= 11 is 0. The Morgan fingerprint density at radius 2 is 1.83 bits per heavy atom. The van der Waals surface area contributed by atoms with Crippen LogP contribution in [-0.2, 0) is 16.4 Å². The molecule has 6 nitrogen and oxygen atoms in total. The van der Waals surface area contributed by atoms with Crippen molar-refractivity contribution in [3.05, 3.63) is 65.7 Å². The predicted octanol–water partition coefficient (Wildman–Crippen LogP) is 3.08. The fourth-order valence-corrected chi connectivity index (χ4v) is 4.73. The summed E-state index contributed by atoms with van der Waals surface area (Å²) in [7, 11) is -0.388. The molecule has 2 aromatic rings. The maximum absolute atomic E-state index is 12.8. The van der Waals surface area contributed by atoms with Crippen LogP contribution in [0.4, 0.5) is 0 Å². The normalized spacial score (nSPS) is 16.9. The summed E-state index contributed by atoms with van der Waals surface area (Å²) in [5.41, 5.74) is 3.20. The van der Waals surface area contributed by atoms with Crippen molar-refractivity contribution in [1.82, 2.24) is 9.62 Å². The number of benzene rings is 2. The van der Waals surface area contributed by atoms with E-state index in [1.807, 2.05) is 25.1 Å². The highest BCUT2D eigenvalue weighted by Crippen LogP contribution is 2.38. The van der Waals surface area contributed by atoms with Gasteiger partial charge < -0.3 is 9.47 Å². The van der Waals surface area contributed by atoms with E-state index >= 15 is 0 Å². The third-order valence-corrected chi connectivity index (χ3v) is 6.71. The van der Waals surface area contributed by atoms with Crippen molar-refractivity contribution in [3.63, 3.8) is 0 Å². The first-order valence-corrected chi connectivity index (χ1v) is 11.0. The summed E-state index contributed by atoms with van der Waals surface area (Å²) in [5, 5.41) is 0. The molecule has 0 unspecified atom stereocenters. The molecule has 1 N–H and O–H groups in total. The minimum atomic E-state index is -3.60. The molecule has 0 saturated carbocycles. The van der Waals surface area contributed by atoms with Crippen LogP contribution in [-0.4, -0.2) is 47.2 Å². The van der Waals surface area contributed by atoms with Gasteiger partial charge in [-0.1, -0.05) is 23.8 Å². The lowest BCUT2D eigenvalue weighted by Crippen LogP contribution is -2.42. The number of hydrogen-bond acceptors (Lipinski definition) is 5. The number of ether oxygens (including phenoxy) is 2. The van der Waals surface area contributed by atoms with Crippen LogP contribution in [0.15, 0.2) is 53.9 Å². The lowest BCUT2D eigenvalue weighted by molar-refractivity contribution is 0.206. The molecule has 2 aromatic carbocycles. The van der Waals surface area contributed by atoms with Gasteiger partial charge in [-0.2, -0.15) is 0 Å². The number of sulfonamides is 1. The molecule has 0 saturated heterocycles. The molecule has 29 heavy (non-hydrogen) atoms. The molecule has 0 aliphatic carbocycles. The van der Waals surface area contributed by atoms with Crippen molar-refractivity contribution in [2.45, 2.75) is 24.3 Å². The zero-order valence-corrected chi connectivity index (χ0v) is 18.0. The van der Waals surface area contributed by atoms with E-state index in [4.69, 9.17) is 9.47 Å². The molecular formula is C22H28N2O4S. The molecule has 1 atom stereocenters. The fraction of sp³-hybridized carbons (Fsp3) is 0.364. The minimum Gasteiger partial charge on any atom is -0.493 e. The summed E-state index contributed by atoms with van der Waals surface area (Å²) in [6, 6.07) is 10.7. The quantitative estimate of drug-likeness (QED) is 0.670. The molecule has 1 heterocycles. The first kappa shape index (κ1) is 21.4. The highest BCUT2D eigenvalue weighted by Gasteiger charge is 2.29. The first-order chi connectivity index (χ1) is 13.9. The van der Waals surface area contributed by atoms with Crippen LogP contribution in [0.3, 0.4) is 0 Å². The van der Waals surface area contributed by atoms with Gasteiger partial charge in [0.25, 0.3) is 0 Å². The third-order valence-electron chi connectivity index (χ3n) is 5.28. The van der Waals surface area contributed by atoms with E-state index in [1.54, 1.807) is 38.5 Å². The van der Waals surface area contributed by atoms with Gasteiger partial charge in [0.15, 0.2) is 11.5 Å². The standard InChI is InChI=1S/C22H28N2O4S/c1-5-11-24-12-10-17-13-21(27-3)22(28-4)14-19(17)20(24)15-23-29(25,26)18-8-6-16(2)7-9-18/h5-9,13-14,20,23H,1,10-12,15H2,2-4H3/t20-/m1/s1. The number of nitrogens with one attached hydrogen (secondary N) is 1. The number of methoxy groups -OCH3 is 2. The van der Waals surface area contributed by atoms with Gasteiger partial charge in [-0.15, -0.1) is 6.58 Å². The summed E-state index contributed by atoms with van der Waals surface area (Å²) in [5.74, 6) is 1.32. The van der Waals surface area contributed by atoms with Crippen LogP contribution in [0.25, 0.3) is 0 Å². The number of rotatable bonds is 8. The molecule has 0 amide bonds. The monoisotopic (exact) mass is 416 g/mol. The van der Waals surface area contributed by atoms with Crippen molar-refractivity contribution >= 4 is 10.0 Å². The van der Waals surface area contributed by atoms with Gasteiger partial charge >= 0.3 is 0 Å². The average Bonchev–Trinajstić information content (AvgIpc) is 2.72. The number of aryl methyl sites for hydroxylation is 1. The number of nitrogens with zero attached hydrogens (tertiary/aromatic N) is 1. The maximum Gasteiger partial charge on any atom is 0.240 e. The molecule has 0 bridgehead atoms. The van der Waals surface area contributed by atoms with E-state index in [0.29, 0.717) is 18.0 Å². The smallest absolute Gasteiger partial charge is 0.240 e. The second-order valence-electron chi connectivity index (χ2n) is 7.12. The van der Waals surface area contributed by atoms with Crippen molar-refractivity contribution in [2.75, 3.05) is 33.9 Å². The number of hydrogen-bond donors (Lipinski definition) is 1. The maximum atomic E-state index is 12.8. The molecule has 3 rings (SSSR count). The van der Waals surface area contributed by atoms with Crippen LogP contribution in [0.2, 0.25) is 0 Å². The lowest BCUT2D eigenvalue weighted by atomic mass is 9.92. The Hall–Kier alpha value is -2.35. The largest absolute Gasteiger partial charge is 0.493 e. The Balaban J connectivity index is 1.91. The van der Waals surface area contributed by atoms with Gasteiger partial charge in [0.1, 0.15) is 0 Å². The Labute approximate surface area is 173 Å². The molecule has 7 heteroatoms. The van der Waals surface area contributed by atoms with E-state index in [-0.39, 0.29) is 17.5 Å². The zero-order chi connectivity index (χ0) is 21.0. The SMILES string of the molecule is C=CCN1CCc2cc(OC)c(OC)cc2[C@H]1CNS(=O)(=O)c1ccc(C)cc1. The van der Waals surface area contributed by atoms with Gasteiger partial charge in [-0.3, -0.25) is 4.90 Å². The van der Waals surface area contributed by atoms with Crippen LogP contribution >= 0.6 is 0 Å². The molecule has 1 aliphatic rings. The van der Waals surface area contributed by atoms with Crippen LogP contribution in [0.1, 0.15) is 22.7 Å². The second kappa shape index (κ2) is 8.98. The average molecular weight is 417 g/mol. The van der Waals surface area contributed by atoms with E-state index < -0.39 is 10.0 Å². The van der Waals surface area contributed by atoms with E-state index in [1.165, 1.54) is 0 Å². The molecular weight excluding hydrogens is 388 g/mol. The highest BCUT2D eigenvalue weighted by atomic mass is 32.2. The Bertz CT molecular complexity index is 971. The Morgan fingerprint density at radius 3 is 2.45 bits per heavy atom. The van der Waals surface area contributed by atoms with Gasteiger partial charge in [0.05, 0.1) is 19.1 Å². The topological polar surface area (TPSA) is 67.9 Å². The molecule has 0 fully saturated rings. The molecule has 0 radical (unpaired) electrons.